The van der Waals surface area contributed by atoms with Gasteiger partial charge in [-0.05, 0) is 31.8 Å². The van der Waals surface area contributed by atoms with Crippen LogP contribution >= 0.6 is 0 Å². The molecule has 1 heterocycles. The van der Waals surface area contributed by atoms with Crippen molar-refractivity contribution in [1.29, 1.82) is 0 Å². The lowest BCUT2D eigenvalue weighted by Crippen LogP contribution is -2.19. The smallest absolute Gasteiger partial charge is 0.306 e. The summed E-state index contributed by atoms with van der Waals surface area (Å²) in [5.74, 6) is 0.169. The quantitative estimate of drug-likeness (QED) is 0.520. The van der Waals surface area contributed by atoms with Crippen LogP contribution in [0.3, 0.4) is 0 Å². The van der Waals surface area contributed by atoms with Crippen LogP contribution < -0.4 is 0 Å². The van der Waals surface area contributed by atoms with E-state index in [1.807, 2.05) is 19.9 Å². The molecule has 0 aliphatic carbocycles. The largest absolute Gasteiger partial charge is 0.458 e. The number of ketones is 1. The molecule has 0 aromatic carbocycles. The Balaban J connectivity index is 2.70. The van der Waals surface area contributed by atoms with Gasteiger partial charge in [-0.3, -0.25) is 9.59 Å². The Labute approximate surface area is 103 Å². The normalized spacial score (nSPS) is 27.4. The molecule has 0 aromatic heterocycles. The van der Waals surface area contributed by atoms with E-state index >= 15 is 0 Å². The Morgan fingerprint density at radius 2 is 1.94 bits per heavy atom. The van der Waals surface area contributed by atoms with Gasteiger partial charge >= 0.3 is 5.97 Å². The molecule has 3 heteroatoms. The summed E-state index contributed by atoms with van der Waals surface area (Å²) in [4.78, 5) is 23.1. The third kappa shape index (κ3) is 5.16. The first kappa shape index (κ1) is 13.9. The summed E-state index contributed by atoms with van der Waals surface area (Å²) >= 11 is 0. The monoisotopic (exact) mass is 238 g/mol. The molecule has 0 saturated carbocycles. The standard InChI is InChI=1S/C14H22O3/c1-3-13-11(2)9-10-12(15)7-5-4-6-8-14(16)17-13/h9,13H,3-8,10H2,1-2H3/b11-9+. The fraction of sp³-hybridized carbons (Fsp3) is 0.714. The minimum Gasteiger partial charge on any atom is -0.458 e. The lowest BCUT2D eigenvalue weighted by molar-refractivity contribution is -0.147. The van der Waals surface area contributed by atoms with Gasteiger partial charge in [0.25, 0.3) is 0 Å². The zero-order chi connectivity index (χ0) is 12.7. The summed E-state index contributed by atoms with van der Waals surface area (Å²) in [6, 6.07) is 0. The van der Waals surface area contributed by atoms with Gasteiger partial charge in [-0.2, -0.15) is 0 Å². The second-order valence-corrected chi connectivity index (χ2v) is 4.64. The molecular formula is C14H22O3. The molecule has 0 radical (unpaired) electrons. The van der Waals surface area contributed by atoms with E-state index in [2.05, 4.69) is 0 Å². The first-order valence-corrected chi connectivity index (χ1v) is 6.51. The molecule has 3 nitrogen and oxygen atoms in total. The fourth-order valence-electron chi connectivity index (χ4n) is 1.99. The van der Waals surface area contributed by atoms with E-state index in [4.69, 9.17) is 4.74 Å². The van der Waals surface area contributed by atoms with E-state index in [9.17, 15) is 9.59 Å². The highest BCUT2D eigenvalue weighted by molar-refractivity contribution is 5.80. The van der Waals surface area contributed by atoms with E-state index < -0.39 is 0 Å². The Kier molecular flexibility index (Phi) is 5.95. The maximum atomic E-state index is 11.6. The highest BCUT2D eigenvalue weighted by Crippen LogP contribution is 2.15. The third-order valence-electron chi connectivity index (χ3n) is 3.14. The molecule has 0 bridgehead atoms. The molecule has 1 unspecified atom stereocenters. The molecule has 0 aromatic rings. The van der Waals surface area contributed by atoms with Crippen molar-refractivity contribution >= 4 is 11.8 Å². The predicted octanol–water partition coefficient (Wildman–Crippen LogP) is 3.18. The van der Waals surface area contributed by atoms with Crippen molar-refractivity contribution in [3.8, 4) is 0 Å². The predicted molar refractivity (Wildman–Crippen MR) is 66.6 cm³/mol. The van der Waals surface area contributed by atoms with E-state index in [1.165, 1.54) is 0 Å². The van der Waals surface area contributed by atoms with Crippen LogP contribution in [0.15, 0.2) is 11.6 Å². The lowest BCUT2D eigenvalue weighted by Gasteiger charge is -2.17. The number of ether oxygens (including phenoxy) is 1. The van der Waals surface area contributed by atoms with Crippen molar-refractivity contribution in [2.45, 2.75) is 64.9 Å². The van der Waals surface area contributed by atoms with Crippen LogP contribution in [0.5, 0.6) is 0 Å². The van der Waals surface area contributed by atoms with Gasteiger partial charge in [-0.1, -0.05) is 19.4 Å². The second kappa shape index (κ2) is 7.25. The lowest BCUT2D eigenvalue weighted by atomic mass is 10.0. The molecule has 1 aliphatic heterocycles. The van der Waals surface area contributed by atoms with Crippen molar-refractivity contribution in [2.75, 3.05) is 0 Å². The highest BCUT2D eigenvalue weighted by Gasteiger charge is 2.15. The van der Waals surface area contributed by atoms with Crippen LogP contribution in [0, 0.1) is 0 Å². The van der Waals surface area contributed by atoms with Crippen molar-refractivity contribution in [3.63, 3.8) is 0 Å². The van der Waals surface area contributed by atoms with E-state index in [1.54, 1.807) is 0 Å². The molecule has 1 atom stereocenters. The Morgan fingerprint density at radius 3 is 2.65 bits per heavy atom. The first-order chi connectivity index (χ1) is 8.13. The average Bonchev–Trinajstić information content (AvgIpc) is 2.31. The molecule has 1 rings (SSSR count). The van der Waals surface area contributed by atoms with Crippen molar-refractivity contribution in [2.24, 2.45) is 0 Å². The fourth-order valence-corrected chi connectivity index (χ4v) is 1.99. The number of cyclic esters (lactones) is 1. The molecule has 0 amide bonds. The number of esters is 1. The van der Waals surface area contributed by atoms with Crippen LogP contribution in [0.1, 0.15) is 58.8 Å². The molecule has 17 heavy (non-hydrogen) atoms. The van der Waals surface area contributed by atoms with E-state index in [-0.39, 0.29) is 17.9 Å². The van der Waals surface area contributed by atoms with Gasteiger partial charge in [0.15, 0.2) is 0 Å². The first-order valence-electron chi connectivity index (χ1n) is 6.51. The van der Waals surface area contributed by atoms with Crippen LogP contribution in [-0.4, -0.2) is 17.9 Å². The third-order valence-corrected chi connectivity index (χ3v) is 3.14. The van der Waals surface area contributed by atoms with Crippen LogP contribution in [-0.2, 0) is 14.3 Å². The summed E-state index contributed by atoms with van der Waals surface area (Å²) in [6.45, 7) is 3.92. The van der Waals surface area contributed by atoms with Gasteiger partial charge in [0.1, 0.15) is 11.9 Å². The van der Waals surface area contributed by atoms with Crippen LogP contribution in [0.25, 0.3) is 0 Å². The van der Waals surface area contributed by atoms with Gasteiger partial charge in [0.05, 0.1) is 0 Å². The van der Waals surface area contributed by atoms with Gasteiger partial charge in [-0.15, -0.1) is 0 Å². The van der Waals surface area contributed by atoms with Gasteiger partial charge in [0.2, 0.25) is 0 Å². The van der Waals surface area contributed by atoms with Crippen molar-refractivity contribution < 1.29 is 14.3 Å². The summed E-state index contributed by atoms with van der Waals surface area (Å²) in [5.41, 5.74) is 0.995. The summed E-state index contributed by atoms with van der Waals surface area (Å²) < 4.78 is 5.40. The van der Waals surface area contributed by atoms with Crippen molar-refractivity contribution in [3.05, 3.63) is 11.6 Å². The summed E-state index contributed by atoms with van der Waals surface area (Å²) in [5, 5.41) is 0. The second-order valence-electron chi connectivity index (χ2n) is 4.64. The number of hydrogen-bond donors (Lipinski definition) is 0. The SMILES string of the molecule is CCC1OC(=O)CCCCCC(=O)C/C=C/1C. The maximum Gasteiger partial charge on any atom is 0.306 e. The number of hydrogen-bond acceptors (Lipinski definition) is 3. The Bertz CT molecular complexity index is 305. The van der Waals surface area contributed by atoms with Gasteiger partial charge < -0.3 is 4.74 Å². The molecule has 96 valence electrons. The van der Waals surface area contributed by atoms with E-state index in [0.29, 0.717) is 19.3 Å². The minimum atomic E-state index is -0.158. The topological polar surface area (TPSA) is 43.4 Å². The Morgan fingerprint density at radius 1 is 1.24 bits per heavy atom. The summed E-state index contributed by atoms with van der Waals surface area (Å²) in [7, 11) is 0. The van der Waals surface area contributed by atoms with Crippen LogP contribution in [0.4, 0.5) is 0 Å². The molecule has 0 fully saturated rings. The maximum absolute atomic E-state index is 11.6. The number of carbonyl (C=O) groups excluding carboxylic acids is 2. The highest BCUT2D eigenvalue weighted by atomic mass is 16.5. The molecule has 0 spiro atoms. The molecule has 0 N–H and O–H groups in total. The number of allylic oxidation sites excluding steroid dienone is 1. The van der Waals surface area contributed by atoms with Crippen molar-refractivity contribution in [1.82, 2.24) is 0 Å². The molecule has 0 saturated heterocycles. The van der Waals surface area contributed by atoms with Gasteiger partial charge in [-0.25, -0.2) is 0 Å². The Hall–Kier alpha value is -1.12. The zero-order valence-electron chi connectivity index (χ0n) is 10.8. The number of rotatable bonds is 1. The number of Topliss-reactive ketones (excluding diaryl/α,β-unsaturated/α-hetero) is 1. The average molecular weight is 238 g/mol. The molecular weight excluding hydrogens is 216 g/mol. The van der Waals surface area contributed by atoms with E-state index in [0.717, 1.165) is 31.3 Å². The summed E-state index contributed by atoms with van der Waals surface area (Å²) in [6.07, 6.45) is 6.73. The zero-order valence-corrected chi connectivity index (χ0v) is 10.8. The molecule has 1 aliphatic rings. The number of carbonyl (C=O) groups is 2. The van der Waals surface area contributed by atoms with Gasteiger partial charge in [0, 0.05) is 19.3 Å². The van der Waals surface area contributed by atoms with Crippen LogP contribution in [0.2, 0.25) is 0 Å². The minimum absolute atomic E-state index is 0.114.